The van der Waals surface area contributed by atoms with Crippen LogP contribution in [0, 0.1) is 5.92 Å². The van der Waals surface area contributed by atoms with Crippen LogP contribution >= 0.6 is 7.75 Å². The Labute approximate surface area is 236 Å². The molecule has 1 aliphatic heterocycles. The van der Waals surface area contributed by atoms with Gasteiger partial charge in [-0.25, -0.2) is 19.4 Å². The summed E-state index contributed by atoms with van der Waals surface area (Å²) in [5.41, 5.74) is 4.32. The molecule has 3 heterocycles. The van der Waals surface area contributed by atoms with Crippen LogP contribution < -0.4 is 15.6 Å². The summed E-state index contributed by atoms with van der Waals surface area (Å²) in [5, 5.41) is 24.7. The summed E-state index contributed by atoms with van der Waals surface area (Å²) in [4.78, 5) is 36.6. The van der Waals surface area contributed by atoms with Crippen molar-refractivity contribution in [1.82, 2.24) is 24.6 Å². The van der Waals surface area contributed by atoms with Crippen LogP contribution in [0.2, 0.25) is 0 Å². The lowest BCUT2D eigenvalue weighted by molar-refractivity contribution is -0.145. The molecule has 0 spiro atoms. The average Bonchev–Trinajstić information content (AvgIpc) is 3.42. The van der Waals surface area contributed by atoms with Gasteiger partial charge >= 0.3 is 19.7 Å². The number of nitrogen functional groups attached to an aromatic ring is 1. The Morgan fingerprint density at radius 1 is 1.27 bits per heavy atom. The third-order valence-electron chi connectivity index (χ3n) is 6.18. The van der Waals surface area contributed by atoms with Crippen LogP contribution in [-0.4, -0.2) is 99.1 Å². The van der Waals surface area contributed by atoms with Crippen LogP contribution in [0.1, 0.15) is 40.8 Å². The maximum absolute atomic E-state index is 13.7. The van der Waals surface area contributed by atoms with Crippen LogP contribution in [0.5, 0.6) is 5.88 Å². The summed E-state index contributed by atoms with van der Waals surface area (Å²) in [6, 6.07) is -1.14. The number of rotatable bonds is 14. The Kier molecular flexibility index (Phi) is 10.6. The number of imidazole rings is 1. The summed E-state index contributed by atoms with van der Waals surface area (Å²) in [6.45, 7) is 6.98. The number of methoxy groups -OCH3 is 1. The fourth-order valence-corrected chi connectivity index (χ4v) is 5.67. The van der Waals surface area contributed by atoms with Gasteiger partial charge in [0.15, 0.2) is 24.0 Å². The number of hydrogen-bond donors (Lipinski definition) is 4. The first kappa shape index (κ1) is 32.6. The van der Waals surface area contributed by atoms with Crippen LogP contribution in [-0.2, 0) is 37.4 Å². The smallest absolute Gasteiger partial charge is 0.406 e. The molecule has 17 nitrogen and oxygen atoms in total. The van der Waals surface area contributed by atoms with Gasteiger partial charge in [0, 0.05) is 0 Å². The highest BCUT2D eigenvalue weighted by Crippen LogP contribution is 2.47. The van der Waals surface area contributed by atoms with E-state index in [2.05, 4.69) is 20.0 Å². The van der Waals surface area contributed by atoms with E-state index in [0.29, 0.717) is 0 Å². The third kappa shape index (κ3) is 7.30. The number of nitrogens with one attached hydrogen (secondary N) is 1. The van der Waals surface area contributed by atoms with E-state index in [1.54, 1.807) is 27.7 Å². The van der Waals surface area contributed by atoms with Crippen molar-refractivity contribution in [2.24, 2.45) is 5.92 Å². The van der Waals surface area contributed by atoms with E-state index in [-0.39, 0.29) is 36.2 Å². The van der Waals surface area contributed by atoms with Gasteiger partial charge in [0.25, 0.3) is 0 Å². The van der Waals surface area contributed by atoms with E-state index >= 15 is 0 Å². The first-order chi connectivity index (χ1) is 19.3. The molecule has 18 heteroatoms. The molecule has 6 atom stereocenters. The van der Waals surface area contributed by atoms with Crippen molar-refractivity contribution in [3.05, 3.63) is 6.33 Å². The average molecular weight is 605 g/mol. The van der Waals surface area contributed by atoms with Crippen molar-refractivity contribution < 1.29 is 52.4 Å². The van der Waals surface area contributed by atoms with Crippen molar-refractivity contribution in [3.8, 4) is 5.88 Å². The molecule has 1 unspecified atom stereocenters. The predicted molar refractivity (Wildman–Crippen MR) is 141 cm³/mol. The Morgan fingerprint density at radius 3 is 2.59 bits per heavy atom. The molecular formula is C23H37N6O11P. The number of esters is 2. The molecule has 230 valence electrons. The number of aliphatic hydroxyl groups is 2. The summed E-state index contributed by atoms with van der Waals surface area (Å²) < 4.78 is 46.8. The summed E-state index contributed by atoms with van der Waals surface area (Å²) >= 11 is 0. The Balaban J connectivity index is 1.86. The minimum absolute atomic E-state index is 0.0572. The predicted octanol–water partition coefficient (Wildman–Crippen LogP) is 0.308. The number of aliphatic hydroxyl groups excluding tert-OH is 1. The number of fused-ring (bicyclic) bond motifs is 1. The van der Waals surface area contributed by atoms with Gasteiger partial charge in [0.1, 0.15) is 23.9 Å². The Hall–Kier alpha value is -2.92. The van der Waals surface area contributed by atoms with Crippen LogP contribution in [0.3, 0.4) is 0 Å². The highest BCUT2D eigenvalue weighted by Gasteiger charge is 2.54. The second-order valence-electron chi connectivity index (χ2n) is 9.59. The van der Waals surface area contributed by atoms with Crippen molar-refractivity contribution in [1.29, 1.82) is 0 Å². The fourth-order valence-electron chi connectivity index (χ4n) is 4.09. The SMILES string of the molecule is CCOC(=O)COP(=O)(N[C@H](C(=O)OC)C(C)C)OC[C@H]1O[C@@H](n2cnc3c(OCC)nc(N)nc32)[C@](C)(O)[C@@H]1O. The molecule has 1 saturated heterocycles. The normalized spacial score (nSPS) is 24.8. The van der Waals surface area contributed by atoms with Gasteiger partial charge in [-0.05, 0) is 26.7 Å². The molecule has 0 aliphatic carbocycles. The molecule has 0 radical (unpaired) electrons. The number of ether oxygens (including phenoxy) is 4. The minimum Gasteiger partial charge on any atom is -0.476 e. The first-order valence-electron chi connectivity index (χ1n) is 12.9. The highest BCUT2D eigenvalue weighted by molar-refractivity contribution is 7.51. The van der Waals surface area contributed by atoms with Gasteiger partial charge in [-0.15, -0.1) is 0 Å². The number of aromatic nitrogens is 4. The number of nitrogens with two attached hydrogens (primary N) is 1. The molecule has 5 N–H and O–H groups in total. The molecule has 0 bridgehead atoms. The van der Waals surface area contributed by atoms with Gasteiger partial charge in [-0.1, -0.05) is 13.8 Å². The van der Waals surface area contributed by atoms with E-state index in [9.17, 15) is 24.4 Å². The number of nitrogens with zero attached hydrogens (tertiary/aromatic N) is 4. The van der Waals surface area contributed by atoms with Crippen molar-refractivity contribution in [2.45, 2.75) is 64.7 Å². The molecule has 2 aromatic rings. The number of hydrogen-bond acceptors (Lipinski definition) is 15. The van der Waals surface area contributed by atoms with Crippen molar-refractivity contribution in [3.63, 3.8) is 0 Å². The van der Waals surface area contributed by atoms with Crippen LogP contribution in [0.4, 0.5) is 5.95 Å². The van der Waals surface area contributed by atoms with E-state index in [1.165, 1.54) is 17.8 Å². The molecule has 0 amide bonds. The second kappa shape index (κ2) is 13.4. The van der Waals surface area contributed by atoms with Crippen LogP contribution in [0.15, 0.2) is 6.33 Å². The van der Waals surface area contributed by atoms with E-state index < -0.39 is 68.9 Å². The second-order valence-corrected chi connectivity index (χ2v) is 11.4. The molecule has 0 aromatic carbocycles. The monoisotopic (exact) mass is 604 g/mol. The van der Waals surface area contributed by atoms with Gasteiger partial charge in [-0.3, -0.25) is 18.4 Å². The molecule has 2 aromatic heterocycles. The molecule has 1 fully saturated rings. The lowest BCUT2D eigenvalue weighted by Crippen LogP contribution is -2.45. The zero-order valence-electron chi connectivity index (χ0n) is 23.7. The zero-order valence-corrected chi connectivity index (χ0v) is 24.6. The third-order valence-corrected chi connectivity index (χ3v) is 7.73. The van der Waals surface area contributed by atoms with E-state index in [1.807, 2.05) is 0 Å². The van der Waals surface area contributed by atoms with Crippen molar-refractivity contribution in [2.75, 3.05) is 39.3 Å². The molecular weight excluding hydrogens is 567 g/mol. The van der Waals surface area contributed by atoms with Gasteiger partial charge in [0.2, 0.25) is 11.8 Å². The maximum Gasteiger partial charge on any atom is 0.406 e. The number of carbonyl (C=O) groups excluding carboxylic acids is 2. The van der Waals surface area contributed by atoms with Gasteiger partial charge < -0.3 is 34.9 Å². The largest absolute Gasteiger partial charge is 0.476 e. The molecule has 1 aliphatic rings. The highest BCUT2D eigenvalue weighted by atomic mass is 31.2. The van der Waals surface area contributed by atoms with Gasteiger partial charge in [-0.2, -0.15) is 9.97 Å². The summed E-state index contributed by atoms with van der Waals surface area (Å²) in [7, 11) is -3.27. The topological polar surface area (TPSA) is 229 Å². The first-order valence-corrected chi connectivity index (χ1v) is 14.4. The zero-order chi connectivity index (χ0) is 30.5. The maximum atomic E-state index is 13.7. The van der Waals surface area contributed by atoms with E-state index in [0.717, 1.165) is 7.11 Å². The minimum atomic E-state index is -4.43. The lowest BCUT2D eigenvalue weighted by Gasteiger charge is -2.28. The number of carbonyl (C=O) groups is 2. The summed E-state index contributed by atoms with van der Waals surface area (Å²) in [5.74, 6) is -1.98. The lowest BCUT2D eigenvalue weighted by atomic mass is 9.96. The summed E-state index contributed by atoms with van der Waals surface area (Å²) in [6.07, 6.45) is -2.79. The Bertz CT molecular complexity index is 1270. The van der Waals surface area contributed by atoms with Crippen molar-refractivity contribution >= 4 is 36.8 Å². The van der Waals surface area contributed by atoms with Crippen LogP contribution in [0.25, 0.3) is 11.2 Å². The fraction of sp³-hybridized carbons (Fsp3) is 0.696. The molecule has 41 heavy (non-hydrogen) atoms. The number of anilines is 1. The quantitative estimate of drug-likeness (QED) is 0.168. The standard InChI is InChI=1S/C23H37N6O11P/c1-7-36-14(30)10-39-41(34,28-15(12(3)4)20(32)35-6)38-9-13-17(31)23(5,33)21(40-13)29-11-25-16-18(29)26-22(24)27-19(16)37-8-2/h11-13,15,17,21,31,33H,7-10H2,1-6H3,(H,28,34)(H2,24,26,27)/t13-,15+,17-,21-,23-,41?/m1/s1. The Morgan fingerprint density at radius 2 is 1.98 bits per heavy atom. The molecule has 0 saturated carbocycles. The van der Waals surface area contributed by atoms with E-state index in [4.69, 9.17) is 33.7 Å². The molecule has 3 rings (SSSR count). The van der Waals surface area contributed by atoms with Gasteiger partial charge in [0.05, 0.1) is 33.3 Å².